The Bertz CT molecular complexity index is 1430. The second-order valence-electron chi connectivity index (χ2n) is 6.85. The first-order valence-electron chi connectivity index (χ1n) is 9.35. The van der Waals surface area contributed by atoms with Gasteiger partial charge < -0.3 is 11.1 Å². The van der Waals surface area contributed by atoms with Gasteiger partial charge in [-0.25, -0.2) is 14.2 Å². The first kappa shape index (κ1) is 18.2. The fourth-order valence-corrected chi connectivity index (χ4v) is 3.67. The van der Waals surface area contributed by atoms with Crippen LogP contribution >= 0.6 is 11.6 Å². The number of nitrogens with zero attached hydrogens (tertiary/aromatic N) is 4. The highest BCUT2D eigenvalue weighted by Crippen LogP contribution is 2.29. The van der Waals surface area contributed by atoms with E-state index in [1.807, 2.05) is 48.5 Å². The second kappa shape index (κ2) is 7.20. The number of rotatable bonds is 4. The highest BCUT2D eigenvalue weighted by Gasteiger charge is 2.18. The van der Waals surface area contributed by atoms with Crippen molar-refractivity contribution in [3.8, 4) is 5.69 Å². The summed E-state index contributed by atoms with van der Waals surface area (Å²) in [6.07, 6.45) is 0. The normalized spacial score (nSPS) is 11.2. The van der Waals surface area contributed by atoms with Crippen LogP contribution in [0.1, 0.15) is 5.56 Å². The van der Waals surface area contributed by atoms with Gasteiger partial charge in [0.05, 0.1) is 16.9 Å². The van der Waals surface area contributed by atoms with Crippen molar-refractivity contribution in [3.63, 3.8) is 0 Å². The molecule has 7 nitrogen and oxygen atoms in total. The highest BCUT2D eigenvalue weighted by atomic mass is 35.5. The molecule has 3 aromatic carbocycles. The van der Waals surface area contributed by atoms with Gasteiger partial charge in [-0.1, -0.05) is 60.1 Å². The van der Waals surface area contributed by atoms with Crippen LogP contribution in [-0.2, 0) is 6.54 Å². The molecule has 148 valence electrons. The van der Waals surface area contributed by atoms with Crippen LogP contribution in [0.15, 0.2) is 77.6 Å². The Morgan fingerprint density at radius 1 is 1.00 bits per heavy atom. The van der Waals surface area contributed by atoms with Crippen molar-refractivity contribution in [2.75, 3.05) is 11.1 Å². The van der Waals surface area contributed by atoms with Crippen molar-refractivity contribution in [2.45, 2.75) is 6.54 Å². The minimum Gasteiger partial charge on any atom is -0.381 e. The zero-order chi connectivity index (χ0) is 20.7. The second-order valence-corrected chi connectivity index (χ2v) is 7.28. The van der Waals surface area contributed by atoms with Crippen molar-refractivity contribution in [2.24, 2.45) is 0 Å². The van der Waals surface area contributed by atoms with Crippen LogP contribution in [0.25, 0.3) is 22.4 Å². The van der Waals surface area contributed by atoms with Gasteiger partial charge in [0.25, 0.3) is 0 Å². The first-order chi connectivity index (χ1) is 14.6. The van der Waals surface area contributed by atoms with Crippen LogP contribution in [0.5, 0.6) is 0 Å². The number of nitrogens with two attached hydrogens (primary N) is 1. The molecule has 0 saturated heterocycles. The lowest BCUT2D eigenvalue weighted by atomic mass is 10.2. The molecule has 5 aromatic rings. The third-order valence-electron chi connectivity index (χ3n) is 4.86. The van der Waals surface area contributed by atoms with Crippen molar-refractivity contribution in [1.82, 2.24) is 19.2 Å². The van der Waals surface area contributed by atoms with E-state index in [2.05, 4.69) is 15.4 Å². The molecule has 0 aliphatic heterocycles. The topological polar surface area (TPSA) is 90.2 Å². The van der Waals surface area contributed by atoms with Crippen molar-refractivity contribution < 1.29 is 0 Å². The van der Waals surface area contributed by atoms with Crippen LogP contribution in [0.3, 0.4) is 0 Å². The van der Waals surface area contributed by atoms with Gasteiger partial charge in [0.15, 0.2) is 5.82 Å². The van der Waals surface area contributed by atoms with Crippen molar-refractivity contribution in [3.05, 3.63) is 93.9 Å². The SMILES string of the molecule is Nc1nc2c(NCc3ccccc3)cc(Cl)cc2n2c(=O)n(-c3ccccc3)nc12. The molecule has 0 unspecified atom stereocenters. The maximum Gasteiger partial charge on any atom is 0.355 e. The third-order valence-corrected chi connectivity index (χ3v) is 5.08. The zero-order valence-corrected chi connectivity index (χ0v) is 16.5. The number of halogens is 1. The summed E-state index contributed by atoms with van der Waals surface area (Å²) in [7, 11) is 0. The molecule has 5 rings (SSSR count). The largest absolute Gasteiger partial charge is 0.381 e. The molecule has 3 N–H and O–H groups in total. The monoisotopic (exact) mass is 416 g/mol. The molecular formula is C22H17ClN6O. The summed E-state index contributed by atoms with van der Waals surface area (Å²) >= 11 is 6.38. The maximum atomic E-state index is 13.2. The Morgan fingerprint density at radius 3 is 2.43 bits per heavy atom. The van der Waals surface area contributed by atoms with E-state index in [4.69, 9.17) is 17.3 Å². The van der Waals surface area contributed by atoms with E-state index in [1.165, 1.54) is 9.08 Å². The van der Waals surface area contributed by atoms with Gasteiger partial charge in [-0.2, -0.15) is 4.68 Å². The summed E-state index contributed by atoms with van der Waals surface area (Å²) in [6.45, 7) is 0.577. The number of hydrogen-bond donors (Lipinski definition) is 2. The fourth-order valence-electron chi connectivity index (χ4n) is 3.46. The van der Waals surface area contributed by atoms with Crippen LogP contribution in [-0.4, -0.2) is 19.2 Å². The number of aromatic nitrogens is 4. The average Bonchev–Trinajstić information content (AvgIpc) is 3.12. The van der Waals surface area contributed by atoms with Gasteiger partial charge in [0.1, 0.15) is 5.52 Å². The van der Waals surface area contributed by atoms with E-state index in [-0.39, 0.29) is 17.2 Å². The summed E-state index contributed by atoms with van der Waals surface area (Å²) in [5.74, 6) is 0.166. The van der Waals surface area contributed by atoms with E-state index in [1.54, 1.807) is 24.3 Å². The average molecular weight is 417 g/mol. The number of para-hydroxylation sites is 1. The van der Waals surface area contributed by atoms with Gasteiger partial charge >= 0.3 is 5.69 Å². The molecule has 0 amide bonds. The zero-order valence-electron chi connectivity index (χ0n) is 15.8. The quantitative estimate of drug-likeness (QED) is 0.464. The molecule has 0 saturated carbocycles. The van der Waals surface area contributed by atoms with Crippen molar-refractivity contribution >= 4 is 39.8 Å². The molecule has 30 heavy (non-hydrogen) atoms. The number of nitrogen functional groups attached to an aromatic ring is 1. The Labute approximate surface area is 176 Å². The lowest BCUT2D eigenvalue weighted by Crippen LogP contribution is -2.20. The lowest BCUT2D eigenvalue weighted by Gasteiger charge is -2.11. The number of nitrogens with one attached hydrogen (secondary N) is 1. The minimum absolute atomic E-state index is 0.166. The Morgan fingerprint density at radius 2 is 1.70 bits per heavy atom. The maximum absolute atomic E-state index is 13.2. The van der Waals surface area contributed by atoms with Crippen LogP contribution in [0.2, 0.25) is 5.02 Å². The predicted molar refractivity (Wildman–Crippen MR) is 119 cm³/mol. The van der Waals surface area contributed by atoms with Crippen LogP contribution < -0.4 is 16.7 Å². The summed E-state index contributed by atoms with van der Waals surface area (Å²) in [5, 5.41) is 8.23. The molecule has 8 heteroatoms. The summed E-state index contributed by atoms with van der Waals surface area (Å²) in [6, 6.07) is 22.6. The Balaban J connectivity index is 1.71. The van der Waals surface area contributed by atoms with E-state index in [9.17, 15) is 4.79 Å². The number of benzene rings is 3. The Kier molecular flexibility index (Phi) is 4.37. The molecule has 0 atom stereocenters. The number of fused-ring (bicyclic) bond motifs is 3. The molecule has 2 aromatic heterocycles. The number of anilines is 2. The Hall–Kier alpha value is -3.84. The lowest BCUT2D eigenvalue weighted by molar-refractivity contribution is 0.842. The van der Waals surface area contributed by atoms with Gasteiger partial charge in [0.2, 0.25) is 5.65 Å². The predicted octanol–water partition coefficient (Wildman–Crippen LogP) is 3.88. The summed E-state index contributed by atoms with van der Waals surface area (Å²) < 4.78 is 2.76. The minimum atomic E-state index is -0.341. The molecule has 2 heterocycles. The van der Waals surface area contributed by atoms with Crippen LogP contribution in [0, 0.1) is 0 Å². The molecule has 0 fully saturated rings. The molecule has 0 bridgehead atoms. The molecule has 0 aliphatic carbocycles. The number of hydrogen-bond acceptors (Lipinski definition) is 5. The van der Waals surface area contributed by atoms with Crippen LogP contribution in [0.4, 0.5) is 11.5 Å². The smallest absolute Gasteiger partial charge is 0.355 e. The molecular weight excluding hydrogens is 400 g/mol. The molecule has 0 radical (unpaired) electrons. The standard InChI is InChI=1S/C22H17ClN6O/c23-15-11-17(25-13-14-7-3-1-4-8-14)19-18(12-15)28-21(20(24)26-19)27-29(22(28)30)16-9-5-2-6-10-16/h1-12,25H,13H2,(H2,24,26). The van der Waals surface area contributed by atoms with Crippen molar-refractivity contribution in [1.29, 1.82) is 0 Å². The highest BCUT2D eigenvalue weighted by molar-refractivity contribution is 6.31. The van der Waals surface area contributed by atoms with Gasteiger partial charge in [0, 0.05) is 11.6 Å². The van der Waals surface area contributed by atoms with Gasteiger partial charge in [-0.3, -0.25) is 0 Å². The van der Waals surface area contributed by atoms with E-state index in [0.717, 1.165) is 5.56 Å². The summed E-state index contributed by atoms with van der Waals surface area (Å²) in [4.78, 5) is 17.7. The molecule has 0 aliphatic rings. The van der Waals surface area contributed by atoms with Gasteiger partial charge in [-0.15, -0.1) is 5.10 Å². The van der Waals surface area contributed by atoms with E-state index in [0.29, 0.717) is 34.0 Å². The first-order valence-corrected chi connectivity index (χ1v) is 9.73. The third kappa shape index (κ3) is 3.05. The van der Waals surface area contributed by atoms with E-state index >= 15 is 0 Å². The molecule has 0 spiro atoms. The van der Waals surface area contributed by atoms with E-state index < -0.39 is 0 Å². The summed E-state index contributed by atoms with van der Waals surface area (Å²) in [5.41, 5.74) is 9.66. The van der Waals surface area contributed by atoms with Gasteiger partial charge in [-0.05, 0) is 29.8 Å². The fraction of sp³-hybridized carbons (Fsp3) is 0.0455.